The summed E-state index contributed by atoms with van der Waals surface area (Å²) >= 11 is 3.45. The average molecular weight is 367 g/mol. The lowest BCUT2D eigenvalue weighted by molar-refractivity contribution is -0.688. The number of halogens is 1. The molecule has 0 aliphatic heterocycles. The molecule has 1 aromatic heterocycles. The summed E-state index contributed by atoms with van der Waals surface area (Å²) in [6, 6.07) is 19.8. The maximum absolute atomic E-state index is 9.76. The Hall–Kier alpha value is -2.39. The van der Waals surface area contributed by atoms with Crippen LogP contribution in [0.3, 0.4) is 0 Å². The molecular formula is C20H17BrNO+. The zero-order valence-corrected chi connectivity index (χ0v) is 14.1. The van der Waals surface area contributed by atoms with Gasteiger partial charge in [-0.1, -0.05) is 58.4 Å². The smallest absolute Gasteiger partial charge is 0.173 e. The van der Waals surface area contributed by atoms with Gasteiger partial charge in [-0.15, -0.1) is 0 Å². The second-order valence-corrected chi connectivity index (χ2v) is 6.24. The Bertz CT molecular complexity index is 808. The molecule has 0 atom stereocenters. The maximum atomic E-state index is 9.76. The summed E-state index contributed by atoms with van der Waals surface area (Å²) in [6.45, 7) is 0.844. The van der Waals surface area contributed by atoms with Crippen LogP contribution in [-0.4, -0.2) is 5.11 Å². The van der Waals surface area contributed by atoms with Gasteiger partial charge in [0.1, 0.15) is 5.75 Å². The molecule has 1 N–H and O–H groups in total. The van der Waals surface area contributed by atoms with Crippen LogP contribution in [-0.2, 0) is 6.54 Å². The quantitative estimate of drug-likeness (QED) is 0.667. The predicted octanol–water partition coefficient (Wildman–Crippen LogP) is 4.66. The highest BCUT2D eigenvalue weighted by Gasteiger charge is 2.02. The van der Waals surface area contributed by atoms with Crippen LogP contribution >= 0.6 is 15.9 Å². The Morgan fingerprint density at radius 1 is 0.870 bits per heavy atom. The fourth-order valence-electron chi connectivity index (χ4n) is 2.30. The van der Waals surface area contributed by atoms with Crippen LogP contribution in [0, 0.1) is 0 Å². The van der Waals surface area contributed by atoms with E-state index in [-0.39, 0.29) is 0 Å². The van der Waals surface area contributed by atoms with Crippen molar-refractivity contribution < 1.29 is 9.67 Å². The van der Waals surface area contributed by atoms with E-state index in [0.717, 1.165) is 22.1 Å². The van der Waals surface area contributed by atoms with Crippen molar-refractivity contribution in [3.05, 3.63) is 94.2 Å². The minimum atomic E-state index is 0.296. The number of benzene rings is 2. The molecule has 0 saturated carbocycles. The van der Waals surface area contributed by atoms with Crippen LogP contribution in [0.2, 0.25) is 0 Å². The Morgan fingerprint density at radius 3 is 2.26 bits per heavy atom. The lowest BCUT2D eigenvalue weighted by atomic mass is 10.1. The first-order valence-corrected chi connectivity index (χ1v) is 8.20. The van der Waals surface area contributed by atoms with Crippen molar-refractivity contribution in [2.45, 2.75) is 6.54 Å². The van der Waals surface area contributed by atoms with Gasteiger partial charge < -0.3 is 5.11 Å². The summed E-state index contributed by atoms with van der Waals surface area (Å²) in [5, 5.41) is 9.76. The van der Waals surface area contributed by atoms with Gasteiger partial charge in [0.15, 0.2) is 18.9 Å². The summed E-state index contributed by atoms with van der Waals surface area (Å²) in [7, 11) is 0. The third-order valence-electron chi connectivity index (χ3n) is 3.59. The number of nitrogens with zero attached hydrogens (tertiary/aromatic N) is 1. The molecule has 0 amide bonds. The van der Waals surface area contributed by atoms with E-state index < -0.39 is 0 Å². The number of para-hydroxylation sites is 1. The number of rotatable bonds is 4. The number of phenolic OH excluding ortho intramolecular Hbond substituents is 1. The van der Waals surface area contributed by atoms with Crippen LogP contribution in [0.25, 0.3) is 12.2 Å². The third-order valence-corrected chi connectivity index (χ3v) is 4.12. The normalized spacial score (nSPS) is 11.0. The molecule has 0 aliphatic carbocycles. The molecule has 0 radical (unpaired) electrons. The fraction of sp³-hybridized carbons (Fsp3) is 0.0500. The highest BCUT2D eigenvalue weighted by molar-refractivity contribution is 9.10. The number of phenols is 1. The van der Waals surface area contributed by atoms with Gasteiger partial charge in [0.25, 0.3) is 0 Å². The number of hydrogen-bond donors (Lipinski definition) is 1. The zero-order valence-electron chi connectivity index (χ0n) is 12.6. The number of hydrogen-bond acceptors (Lipinski definition) is 1. The molecular weight excluding hydrogens is 350 g/mol. The zero-order chi connectivity index (χ0) is 16.1. The van der Waals surface area contributed by atoms with Gasteiger partial charge in [-0.05, 0) is 23.8 Å². The second-order valence-electron chi connectivity index (χ2n) is 5.32. The Morgan fingerprint density at radius 2 is 1.57 bits per heavy atom. The molecule has 0 saturated heterocycles. The van der Waals surface area contributed by atoms with Crippen molar-refractivity contribution in [3.8, 4) is 5.75 Å². The highest BCUT2D eigenvalue weighted by atomic mass is 79.9. The van der Waals surface area contributed by atoms with Crippen molar-refractivity contribution in [2.75, 3.05) is 0 Å². The van der Waals surface area contributed by atoms with Crippen molar-refractivity contribution in [2.24, 2.45) is 0 Å². The highest BCUT2D eigenvalue weighted by Crippen LogP contribution is 2.18. The van der Waals surface area contributed by atoms with Crippen LogP contribution in [0.5, 0.6) is 5.75 Å². The second kappa shape index (κ2) is 7.25. The van der Waals surface area contributed by atoms with Crippen molar-refractivity contribution >= 4 is 28.1 Å². The predicted molar refractivity (Wildman–Crippen MR) is 96.9 cm³/mol. The minimum absolute atomic E-state index is 0.296. The van der Waals surface area contributed by atoms with E-state index in [4.69, 9.17) is 0 Å². The monoisotopic (exact) mass is 366 g/mol. The van der Waals surface area contributed by atoms with E-state index in [1.807, 2.05) is 30.4 Å². The Balaban J connectivity index is 1.69. The van der Waals surface area contributed by atoms with E-state index in [1.165, 1.54) is 5.56 Å². The first-order chi connectivity index (χ1) is 11.2. The Labute approximate surface area is 144 Å². The van der Waals surface area contributed by atoms with E-state index in [0.29, 0.717) is 5.75 Å². The van der Waals surface area contributed by atoms with Crippen LogP contribution in [0.4, 0.5) is 0 Å². The van der Waals surface area contributed by atoms with E-state index in [1.54, 1.807) is 6.07 Å². The van der Waals surface area contributed by atoms with Gasteiger partial charge in [0.2, 0.25) is 0 Å². The van der Waals surface area contributed by atoms with Gasteiger partial charge in [-0.3, -0.25) is 0 Å². The maximum Gasteiger partial charge on any atom is 0.173 e. The summed E-state index contributed by atoms with van der Waals surface area (Å²) in [4.78, 5) is 0. The summed E-state index contributed by atoms with van der Waals surface area (Å²) in [5.41, 5.74) is 3.18. The number of aromatic nitrogens is 1. The molecule has 1 heterocycles. The summed E-state index contributed by atoms with van der Waals surface area (Å²) in [6.07, 6.45) is 8.04. The molecule has 0 fully saturated rings. The molecule has 23 heavy (non-hydrogen) atoms. The van der Waals surface area contributed by atoms with Crippen molar-refractivity contribution in [1.29, 1.82) is 0 Å². The van der Waals surface area contributed by atoms with Crippen molar-refractivity contribution in [1.82, 2.24) is 0 Å². The van der Waals surface area contributed by atoms with Gasteiger partial charge in [0.05, 0.1) is 0 Å². The van der Waals surface area contributed by atoms with E-state index in [2.05, 4.69) is 69.3 Å². The number of pyridine rings is 1. The lowest BCUT2D eigenvalue weighted by Gasteiger charge is -2.00. The molecule has 0 spiro atoms. The molecule has 0 bridgehead atoms. The van der Waals surface area contributed by atoms with Gasteiger partial charge >= 0.3 is 0 Å². The van der Waals surface area contributed by atoms with Gasteiger partial charge in [0, 0.05) is 27.7 Å². The fourth-order valence-corrected chi connectivity index (χ4v) is 2.56. The molecule has 2 nitrogen and oxygen atoms in total. The Kier molecular flexibility index (Phi) is 4.89. The third kappa shape index (κ3) is 4.30. The largest absolute Gasteiger partial charge is 0.507 e. The SMILES string of the molecule is Oc1ccccc1/C=C/c1cc[n+](Cc2ccc(Br)cc2)cc1. The summed E-state index contributed by atoms with van der Waals surface area (Å²) < 4.78 is 3.23. The lowest BCUT2D eigenvalue weighted by Crippen LogP contribution is -2.33. The molecule has 0 aliphatic rings. The standard InChI is InChI=1S/C20H16BrNO/c21-19-9-6-17(7-10-19)15-22-13-11-16(12-14-22)5-8-18-3-1-2-4-20(18)23/h1-14H,15H2/p+1. The number of aromatic hydroxyl groups is 1. The molecule has 2 aromatic carbocycles. The van der Waals surface area contributed by atoms with Crippen LogP contribution in [0.15, 0.2) is 77.5 Å². The molecule has 0 unspecified atom stereocenters. The molecule has 114 valence electrons. The van der Waals surface area contributed by atoms with Crippen molar-refractivity contribution in [3.63, 3.8) is 0 Å². The topological polar surface area (TPSA) is 24.1 Å². The van der Waals surface area contributed by atoms with E-state index >= 15 is 0 Å². The molecule has 3 heteroatoms. The first kappa shape index (κ1) is 15.5. The molecule has 3 rings (SSSR count). The van der Waals surface area contributed by atoms with Gasteiger partial charge in [-0.2, -0.15) is 0 Å². The molecule has 3 aromatic rings. The van der Waals surface area contributed by atoms with Gasteiger partial charge in [-0.25, -0.2) is 4.57 Å². The summed E-state index contributed by atoms with van der Waals surface area (Å²) in [5.74, 6) is 0.296. The van der Waals surface area contributed by atoms with Crippen LogP contribution in [0.1, 0.15) is 16.7 Å². The van der Waals surface area contributed by atoms with Crippen LogP contribution < -0.4 is 4.57 Å². The average Bonchev–Trinajstić information content (AvgIpc) is 2.58. The van der Waals surface area contributed by atoms with E-state index in [9.17, 15) is 5.11 Å². The first-order valence-electron chi connectivity index (χ1n) is 7.40. The minimum Gasteiger partial charge on any atom is -0.507 e.